The Labute approximate surface area is 92.8 Å². The Bertz CT molecular complexity index is 266. The maximum atomic E-state index is 5.83. The van der Waals surface area contributed by atoms with Gasteiger partial charge in [-0.3, -0.25) is 0 Å². The monoisotopic (exact) mass is 204 g/mol. The number of ether oxygens (including phenoxy) is 1. The van der Waals surface area contributed by atoms with Crippen LogP contribution in [0.3, 0.4) is 0 Å². The van der Waals surface area contributed by atoms with Crippen LogP contribution in [0.5, 0.6) is 0 Å². The highest BCUT2D eigenvalue weighted by atomic mass is 16.5. The van der Waals surface area contributed by atoms with E-state index >= 15 is 0 Å². The van der Waals surface area contributed by atoms with Gasteiger partial charge in [-0.2, -0.15) is 0 Å². The molecule has 0 saturated carbocycles. The van der Waals surface area contributed by atoms with Crippen molar-refractivity contribution in [3.63, 3.8) is 0 Å². The minimum Gasteiger partial charge on any atom is -0.374 e. The summed E-state index contributed by atoms with van der Waals surface area (Å²) < 4.78 is 5.83. The summed E-state index contributed by atoms with van der Waals surface area (Å²) in [7, 11) is 0. The van der Waals surface area contributed by atoms with Gasteiger partial charge in [0, 0.05) is 0 Å². The van der Waals surface area contributed by atoms with Crippen LogP contribution >= 0.6 is 0 Å². The van der Waals surface area contributed by atoms with E-state index in [1.54, 1.807) is 0 Å². The van der Waals surface area contributed by atoms with Gasteiger partial charge in [0.15, 0.2) is 0 Å². The van der Waals surface area contributed by atoms with Crippen LogP contribution in [0.2, 0.25) is 0 Å². The first-order chi connectivity index (χ1) is 7.36. The molecule has 1 heteroatoms. The minimum atomic E-state index is 0.364. The highest BCUT2D eigenvalue weighted by Crippen LogP contribution is 2.10. The van der Waals surface area contributed by atoms with Gasteiger partial charge in [0.25, 0.3) is 0 Å². The fourth-order valence-electron chi connectivity index (χ4n) is 1.50. The van der Waals surface area contributed by atoms with Crippen molar-refractivity contribution in [1.29, 1.82) is 0 Å². The Hall–Kier alpha value is -1.08. The van der Waals surface area contributed by atoms with Crippen molar-refractivity contribution in [2.75, 3.05) is 0 Å². The van der Waals surface area contributed by atoms with Gasteiger partial charge in [-0.1, -0.05) is 43.3 Å². The molecule has 1 aromatic rings. The van der Waals surface area contributed by atoms with Crippen molar-refractivity contribution in [2.24, 2.45) is 0 Å². The minimum absolute atomic E-state index is 0.364. The van der Waals surface area contributed by atoms with Gasteiger partial charge in [0.05, 0.1) is 12.7 Å². The SMILES string of the molecule is C=CCC[C@H](CC)OCc1ccccc1. The Morgan fingerprint density at radius 3 is 2.67 bits per heavy atom. The summed E-state index contributed by atoms with van der Waals surface area (Å²) in [6, 6.07) is 10.3. The lowest BCUT2D eigenvalue weighted by atomic mass is 10.1. The second-order valence-corrected chi connectivity index (χ2v) is 3.69. The molecule has 0 aromatic heterocycles. The largest absolute Gasteiger partial charge is 0.374 e. The van der Waals surface area contributed by atoms with Gasteiger partial charge >= 0.3 is 0 Å². The van der Waals surface area contributed by atoms with E-state index in [2.05, 4.69) is 25.6 Å². The number of hydrogen-bond acceptors (Lipinski definition) is 1. The molecule has 82 valence electrons. The van der Waals surface area contributed by atoms with E-state index in [4.69, 9.17) is 4.74 Å². The van der Waals surface area contributed by atoms with Crippen molar-refractivity contribution >= 4 is 0 Å². The first kappa shape index (κ1) is 12.0. The molecular formula is C14H20O. The van der Waals surface area contributed by atoms with E-state index in [1.807, 2.05) is 24.3 Å². The molecule has 0 heterocycles. The number of allylic oxidation sites excluding steroid dienone is 1. The molecule has 0 aliphatic heterocycles. The van der Waals surface area contributed by atoms with Gasteiger partial charge in [-0.25, -0.2) is 0 Å². The number of hydrogen-bond donors (Lipinski definition) is 0. The lowest BCUT2D eigenvalue weighted by Gasteiger charge is -2.15. The molecule has 0 N–H and O–H groups in total. The topological polar surface area (TPSA) is 9.23 Å². The van der Waals surface area contributed by atoms with Gasteiger partial charge in [0.1, 0.15) is 0 Å². The van der Waals surface area contributed by atoms with Crippen LogP contribution in [-0.2, 0) is 11.3 Å². The van der Waals surface area contributed by atoms with E-state index < -0.39 is 0 Å². The second-order valence-electron chi connectivity index (χ2n) is 3.69. The maximum absolute atomic E-state index is 5.83. The molecule has 0 spiro atoms. The van der Waals surface area contributed by atoms with Crippen molar-refractivity contribution in [3.05, 3.63) is 48.6 Å². The predicted octanol–water partition coefficient (Wildman–Crippen LogP) is 3.95. The van der Waals surface area contributed by atoms with Crippen molar-refractivity contribution < 1.29 is 4.74 Å². The second kappa shape index (κ2) is 7.24. The molecule has 0 radical (unpaired) electrons. The Balaban J connectivity index is 2.31. The van der Waals surface area contributed by atoms with Crippen LogP contribution in [0.1, 0.15) is 31.7 Å². The molecule has 1 aromatic carbocycles. The fraction of sp³-hybridized carbons (Fsp3) is 0.429. The third-order valence-electron chi connectivity index (χ3n) is 2.48. The molecule has 1 atom stereocenters. The van der Waals surface area contributed by atoms with Crippen molar-refractivity contribution in [3.8, 4) is 0 Å². The zero-order chi connectivity index (χ0) is 10.9. The van der Waals surface area contributed by atoms with Crippen LogP contribution in [0.4, 0.5) is 0 Å². The van der Waals surface area contributed by atoms with E-state index in [-0.39, 0.29) is 0 Å². The Kier molecular flexibility index (Phi) is 5.79. The molecule has 0 unspecified atom stereocenters. The Morgan fingerprint density at radius 2 is 2.07 bits per heavy atom. The molecule has 0 amide bonds. The lowest BCUT2D eigenvalue weighted by Crippen LogP contribution is -2.11. The average molecular weight is 204 g/mol. The summed E-state index contributed by atoms with van der Waals surface area (Å²) in [6.45, 7) is 6.61. The zero-order valence-corrected chi connectivity index (χ0v) is 9.49. The summed E-state index contributed by atoms with van der Waals surface area (Å²) in [6.07, 6.45) is 5.50. The normalized spacial score (nSPS) is 12.3. The van der Waals surface area contributed by atoms with E-state index in [1.165, 1.54) is 5.56 Å². The standard InChI is InChI=1S/C14H20O/c1-3-5-11-14(4-2)15-12-13-9-7-6-8-10-13/h3,6-10,14H,1,4-5,11-12H2,2H3/t14-/m0/s1. The summed E-state index contributed by atoms with van der Waals surface area (Å²) in [5, 5.41) is 0. The van der Waals surface area contributed by atoms with Gasteiger partial charge in [0.2, 0.25) is 0 Å². The molecule has 0 aliphatic rings. The summed E-state index contributed by atoms with van der Waals surface area (Å²) in [5.74, 6) is 0. The molecule has 0 aliphatic carbocycles. The number of rotatable bonds is 7. The van der Waals surface area contributed by atoms with Gasteiger partial charge < -0.3 is 4.74 Å². The molecule has 0 bridgehead atoms. The lowest BCUT2D eigenvalue weighted by molar-refractivity contribution is 0.0333. The van der Waals surface area contributed by atoms with E-state index in [0.717, 1.165) is 25.9 Å². The summed E-state index contributed by atoms with van der Waals surface area (Å²) in [4.78, 5) is 0. The fourth-order valence-corrected chi connectivity index (χ4v) is 1.50. The third kappa shape index (κ3) is 4.80. The van der Waals surface area contributed by atoms with Crippen LogP contribution in [0, 0.1) is 0 Å². The first-order valence-electron chi connectivity index (χ1n) is 5.63. The Morgan fingerprint density at radius 1 is 1.33 bits per heavy atom. The van der Waals surface area contributed by atoms with Crippen LogP contribution in [0.15, 0.2) is 43.0 Å². The number of benzene rings is 1. The summed E-state index contributed by atoms with van der Waals surface area (Å²) in [5.41, 5.74) is 1.24. The maximum Gasteiger partial charge on any atom is 0.0720 e. The van der Waals surface area contributed by atoms with E-state index in [9.17, 15) is 0 Å². The third-order valence-corrected chi connectivity index (χ3v) is 2.48. The summed E-state index contributed by atoms with van der Waals surface area (Å²) >= 11 is 0. The highest BCUT2D eigenvalue weighted by molar-refractivity contribution is 5.13. The molecule has 1 rings (SSSR count). The molecule has 0 fully saturated rings. The van der Waals surface area contributed by atoms with Crippen LogP contribution < -0.4 is 0 Å². The molecular weight excluding hydrogens is 184 g/mol. The van der Waals surface area contributed by atoms with Crippen LogP contribution in [0.25, 0.3) is 0 Å². The van der Waals surface area contributed by atoms with Crippen molar-refractivity contribution in [2.45, 2.75) is 38.9 Å². The average Bonchev–Trinajstić information content (AvgIpc) is 2.31. The molecule has 0 saturated heterocycles. The van der Waals surface area contributed by atoms with Crippen molar-refractivity contribution in [1.82, 2.24) is 0 Å². The molecule has 15 heavy (non-hydrogen) atoms. The zero-order valence-electron chi connectivity index (χ0n) is 9.49. The van der Waals surface area contributed by atoms with Gasteiger partial charge in [-0.05, 0) is 24.8 Å². The van der Waals surface area contributed by atoms with Crippen LogP contribution in [-0.4, -0.2) is 6.10 Å². The van der Waals surface area contributed by atoms with E-state index in [0.29, 0.717) is 6.10 Å². The predicted molar refractivity (Wildman–Crippen MR) is 64.7 cm³/mol. The quantitative estimate of drug-likeness (QED) is 0.611. The first-order valence-corrected chi connectivity index (χ1v) is 5.63. The smallest absolute Gasteiger partial charge is 0.0720 e. The highest BCUT2D eigenvalue weighted by Gasteiger charge is 2.05. The molecule has 1 nitrogen and oxygen atoms in total. The van der Waals surface area contributed by atoms with Gasteiger partial charge in [-0.15, -0.1) is 6.58 Å².